The van der Waals surface area contributed by atoms with E-state index in [4.69, 9.17) is 0 Å². The maximum atomic E-state index is 12.2. The van der Waals surface area contributed by atoms with Crippen LogP contribution in [0.3, 0.4) is 0 Å². The van der Waals surface area contributed by atoms with E-state index in [1.165, 1.54) is 6.92 Å². The number of hydrogen-bond acceptors (Lipinski definition) is 4. The van der Waals surface area contributed by atoms with Crippen LogP contribution < -0.4 is 5.32 Å². The summed E-state index contributed by atoms with van der Waals surface area (Å²) in [6.07, 6.45) is 5.14. The fraction of sp³-hybridized carbons (Fsp3) is 0.667. The Bertz CT molecular complexity index is 550. The third-order valence-corrected chi connectivity index (χ3v) is 4.35. The highest BCUT2D eigenvalue weighted by molar-refractivity contribution is 5.87. The quantitative estimate of drug-likeness (QED) is 0.889. The van der Waals surface area contributed by atoms with E-state index in [0.717, 1.165) is 45.4 Å². The van der Waals surface area contributed by atoms with Crippen molar-refractivity contribution in [1.29, 1.82) is 0 Å². The predicted molar refractivity (Wildman–Crippen MR) is 82.4 cm³/mol. The largest absolute Gasteiger partial charge is 0.342 e. The van der Waals surface area contributed by atoms with Gasteiger partial charge in [0.15, 0.2) is 5.82 Å². The number of carbonyl (C=O) groups is 2. The Morgan fingerprint density at radius 3 is 2.82 bits per heavy atom. The van der Waals surface area contributed by atoms with Crippen LogP contribution in [0.25, 0.3) is 0 Å². The van der Waals surface area contributed by atoms with Crippen LogP contribution in [-0.4, -0.2) is 64.1 Å². The predicted octanol–water partition coefficient (Wildman–Crippen LogP) is 0.711. The number of amides is 2. The first-order valence-electron chi connectivity index (χ1n) is 7.95. The molecule has 2 aliphatic heterocycles. The van der Waals surface area contributed by atoms with Crippen molar-refractivity contribution >= 4 is 17.6 Å². The van der Waals surface area contributed by atoms with Gasteiger partial charge in [0.1, 0.15) is 0 Å². The zero-order valence-electron chi connectivity index (χ0n) is 13.0. The van der Waals surface area contributed by atoms with Crippen molar-refractivity contribution in [2.24, 2.45) is 0 Å². The summed E-state index contributed by atoms with van der Waals surface area (Å²) in [5.41, 5.74) is 0. The number of nitrogens with one attached hydrogen (secondary N) is 1. The first kappa shape index (κ1) is 15.0. The lowest BCUT2D eigenvalue weighted by Crippen LogP contribution is -2.38. The van der Waals surface area contributed by atoms with Gasteiger partial charge in [-0.25, -0.2) is 0 Å². The van der Waals surface area contributed by atoms with E-state index in [9.17, 15) is 9.59 Å². The van der Waals surface area contributed by atoms with E-state index in [-0.39, 0.29) is 17.9 Å². The molecular weight excluding hydrogens is 282 g/mol. The molecule has 2 fully saturated rings. The highest BCUT2D eigenvalue weighted by Gasteiger charge is 2.28. The molecular formula is C15H23N5O2. The lowest BCUT2D eigenvalue weighted by atomic mass is 10.3. The molecule has 0 radical (unpaired) electrons. The van der Waals surface area contributed by atoms with Crippen molar-refractivity contribution in [1.82, 2.24) is 19.6 Å². The van der Waals surface area contributed by atoms with Crippen molar-refractivity contribution in [3.63, 3.8) is 0 Å². The SMILES string of the molecule is CC(=O)Nc1ccn([C@H]2CCN(CC(=O)N3CCCC3)C2)n1. The molecule has 3 rings (SSSR count). The second-order valence-electron chi connectivity index (χ2n) is 6.13. The molecule has 1 aromatic heterocycles. The van der Waals surface area contributed by atoms with E-state index < -0.39 is 0 Å². The minimum absolute atomic E-state index is 0.116. The van der Waals surface area contributed by atoms with Gasteiger partial charge in [0.2, 0.25) is 11.8 Å². The van der Waals surface area contributed by atoms with Gasteiger partial charge in [0.05, 0.1) is 12.6 Å². The molecule has 1 N–H and O–H groups in total. The smallest absolute Gasteiger partial charge is 0.236 e. The third kappa shape index (κ3) is 3.47. The summed E-state index contributed by atoms with van der Waals surface area (Å²) in [6, 6.07) is 2.08. The average molecular weight is 305 g/mol. The Labute approximate surface area is 130 Å². The summed E-state index contributed by atoms with van der Waals surface area (Å²) in [4.78, 5) is 27.4. The van der Waals surface area contributed by atoms with E-state index in [2.05, 4.69) is 15.3 Å². The zero-order valence-corrected chi connectivity index (χ0v) is 13.0. The molecule has 1 atom stereocenters. The van der Waals surface area contributed by atoms with Gasteiger partial charge in [-0.15, -0.1) is 0 Å². The molecule has 2 aliphatic rings. The fourth-order valence-electron chi connectivity index (χ4n) is 3.22. The normalized spacial score (nSPS) is 22.2. The third-order valence-electron chi connectivity index (χ3n) is 4.35. The van der Waals surface area contributed by atoms with Crippen LogP contribution in [0.15, 0.2) is 12.3 Å². The molecule has 1 aromatic rings. The second kappa shape index (κ2) is 6.48. The topological polar surface area (TPSA) is 70.5 Å². The highest BCUT2D eigenvalue weighted by atomic mass is 16.2. The summed E-state index contributed by atoms with van der Waals surface area (Å²) in [7, 11) is 0. The highest BCUT2D eigenvalue weighted by Crippen LogP contribution is 2.22. The molecule has 7 nitrogen and oxygen atoms in total. The number of aromatic nitrogens is 2. The summed E-state index contributed by atoms with van der Waals surface area (Å²) in [5.74, 6) is 0.714. The molecule has 0 aromatic carbocycles. The van der Waals surface area contributed by atoms with Gasteiger partial charge < -0.3 is 10.2 Å². The molecule has 0 spiro atoms. The molecule has 7 heteroatoms. The maximum Gasteiger partial charge on any atom is 0.236 e. The molecule has 2 saturated heterocycles. The van der Waals surface area contributed by atoms with Crippen LogP contribution >= 0.6 is 0 Å². The van der Waals surface area contributed by atoms with Gasteiger partial charge >= 0.3 is 0 Å². The molecule has 0 bridgehead atoms. The van der Waals surface area contributed by atoms with E-state index in [0.29, 0.717) is 12.4 Å². The summed E-state index contributed by atoms with van der Waals surface area (Å²) in [6.45, 7) is 5.56. The zero-order chi connectivity index (χ0) is 15.5. The van der Waals surface area contributed by atoms with Crippen molar-refractivity contribution < 1.29 is 9.59 Å². The Hall–Kier alpha value is -1.89. The first-order valence-corrected chi connectivity index (χ1v) is 7.95. The van der Waals surface area contributed by atoms with E-state index in [1.807, 2.05) is 15.8 Å². The van der Waals surface area contributed by atoms with Crippen molar-refractivity contribution in [2.75, 3.05) is 38.0 Å². The number of hydrogen-bond donors (Lipinski definition) is 1. The van der Waals surface area contributed by atoms with Crippen molar-refractivity contribution in [3.05, 3.63) is 12.3 Å². The maximum absolute atomic E-state index is 12.2. The van der Waals surface area contributed by atoms with Crippen LogP contribution in [0.1, 0.15) is 32.2 Å². The number of rotatable bonds is 4. The van der Waals surface area contributed by atoms with Gasteiger partial charge in [-0.3, -0.25) is 19.2 Å². The van der Waals surface area contributed by atoms with Crippen LogP contribution in [0.5, 0.6) is 0 Å². The van der Waals surface area contributed by atoms with Crippen LogP contribution in [-0.2, 0) is 9.59 Å². The Kier molecular flexibility index (Phi) is 4.42. The Morgan fingerprint density at radius 2 is 2.09 bits per heavy atom. The summed E-state index contributed by atoms with van der Waals surface area (Å²) in [5, 5.41) is 7.07. The minimum Gasteiger partial charge on any atom is -0.342 e. The molecule has 0 saturated carbocycles. The van der Waals surface area contributed by atoms with Gasteiger partial charge in [-0.2, -0.15) is 5.10 Å². The monoisotopic (exact) mass is 305 g/mol. The Balaban J connectivity index is 1.52. The van der Waals surface area contributed by atoms with Crippen molar-refractivity contribution in [2.45, 2.75) is 32.2 Å². The second-order valence-corrected chi connectivity index (χ2v) is 6.13. The number of anilines is 1. The van der Waals surface area contributed by atoms with Gasteiger partial charge in [0.25, 0.3) is 0 Å². The summed E-state index contributed by atoms with van der Waals surface area (Å²) < 4.78 is 1.89. The molecule has 2 amide bonds. The fourth-order valence-corrected chi connectivity index (χ4v) is 3.22. The lowest BCUT2D eigenvalue weighted by Gasteiger charge is -2.20. The van der Waals surface area contributed by atoms with Crippen LogP contribution in [0, 0.1) is 0 Å². The van der Waals surface area contributed by atoms with Gasteiger partial charge in [-0.05, 0) is 19.3 Å². The number of likely N-dealkylation sites (tertiary alicyclic amines) is 2. The van der Waals surface area contributed by atoms with E-state index >= 15 is 0 Å². The van der Waals surface area contributed by atoms with Gasteiger partial charge in [0, 0.05) is 45.4 Å². The average Bonchev–Trinajstić information content (AvgIpc) is 3.18. The minimum atomic E-state index is -0.116. The Morgan fingerprint density at radius 1 is 1.32 bits per heavy atom. The van der Waals surface area contributed by atoms with Crippen LogP contribution in [0.4, 0.5) is 5.82 Å². The summed E-state index contributed by atoms with van der Waals surface area (Å²) >= 11 is 0. The van der Waals surface area contributed by atoms with E-state index in [1.54, 1.807) is 6.07 Å². The van der Waals surface area contributed by atoms with Crippen molar-refractivity contribution in [3.8, 4) is 0 Å². The molecule has 0 unspecified atom stereocenters. The lowest BCUT2D eigenvalue weighted by molar-refractivity contribution is -0.131. The molecule has 3 heterocycles. The number of carbonyl (C=O) groups excluding carboxylic acids is 2. The molecule has 0 aliphatic carbocycles. The molecule has 22 heavy (non-hydrogen) atoms. The van der Waals surface area contributed by atoms with Crippen LogP contribution in [0.2, 0.25) is 0 Å². The van der Waals surface area contributed by atoms with Gasteiger partial charge in [-0.1, -0.05) is 0 Å². The number of nitrogens with zero attached hydrogens (tertiary/aromatic N) is 4. The standard InChI is InChI=1S/C15H23N5O2/c1-12(21)16-14-5-9-20(17-14)13-4-8-18(10-13)11-15(22)19-6-2-3-7-19/h5,9,13H,2-4,6-8,10-11H2,1H3,(H,16,17,21)/t13-/m0/s1. The molecule has 120 valence electrons. The first-order chi connectivity index (χ1) is 10.6.